The van der Waals surface area contributed by atoms with Gasteiger partial charge in [0.2, 0.25) is 0 Å². The highest BCUT2D eigenvalue weighted by Crippen LogP contribution is 2.54. The Bertz CT molecular complexity index is 2200. The minimum Gasteiger partial charge on any atom is -0.310 e. The monoisotopic (exact) mass is 597 g/mol. The molecule has 2 aliphatic carbocycles. The van der Waals surface area contributed by atoms with Gasteiger partial charge in [-0.25, -0.2) is 0 Å². The second-order valence-electron chi connectivity index (χ2n) is 15.5. The van der Waals surface area contributed by atoms with Gasteiger partial charge in [-0.3, -0.25) is 0 Å². The molecule has 0 saturated carbocycles. The summed E-state index contributed by atoms with van der Waals surface area (Å²) in [6.45, 7) is 18.7. The lowest BCUT2D eigenvalue weighted by Crippen LogP contribution is -2.18. The Morgan fingerprint density at radius 2 is 1.07 bits per heavy atom. The Morgan fingerprint density at radius 3 is 1.80 bits per heavy atom. The molecule has 228 valence electrons. The lowest BCUT2D eigenvalue weighted by atomic mass is 9.79. The molecule has 0 aromatic heterocycles. The topological polar surface area (TPSA) is 3.24 Å². The third-order valence-corrected chi connectivity index (χ3v) is 10.9. The van der Waals surface area contributed by atoms with E-state index in [1.165, 1.54) is 83.5 Å². The first-order valence-electron chi connectivity index (χ1n) is 16.7. The van der Waals surface area contributed by atoms with Gasteiger partial charge < -0.3 is 4.90 Å². The maximum atomic E-state index is 2.48. The van der Waals surface area contributed by atoms with Crippen molar-refractivity contribution in [3.05, 3.63) is 149 Å². The highest BCUT2D eigenvalue weighted by molar-refractivity contribution is 5.93. The van der Waals surface area contributed by atoms with E-state index >= 15 is 0 Å². The zero-order valence-corrected chi connectivity index (χ0v) is 28.4. The molecular weight excluding hydrogens is 555 g/mol. The molecule has 6 aromatic carbocycles. The molecule has 1 heteroatoms. The van der Waals surface area contributed by atoms with Crippen LogP contribution in [0.4, 0.5) is 17.1 Å². The third-order valence-electron chi connectivity index (χ3n) is 10.9. The smallest absolute Gasteiger partial charge is 0.0468 e. The van der Waals surface area contributed by atoms with Crippen LogP contribution in [0, 0.1) is 6.92 Å². The lowest BCUT2D eigenvalue weighted by molar-refractivity contribution is 0.589. The van der Waals surface area contributed by atoms with E-state index in [0.29, 0.717) is 0 Å². The molecule has 0 heterocycles. The average molecular weight is 598 g/mol. The fourth-order valence-electron chi connectivity index (χ4n) is 8.37. The van der Waals surface area contributed by atoms with Gasteiger partial charge in [-0.15, -0.1) is 0 Å². The standard InChI is InChI=1S/C45H43N/c1-28-13-11-14-29-19-20-30(25-36(28)29)46(31-21-23-34-33-15-9-10-16-37(33)44(5,6)40(34)26-31)32-22-24-35-41(27-32)45(7,8)39-18-12-17-38(42(35)39)43(2,3)4/h9-27H,1-8H3. The minimum absolute atomic E-state index is 0.0610. The molecule has 0 bridgehead atoms. The normalized spacial score (nSPS) is 15.3. The van der Waals surface area contributed by atoms with Crippen LogP contribution in [0.5, 0.6) is 0 Å². The van der Waals surface area contributed by atoms with E-state index in [9.17, 15) is 0 Å². The van der Waals surface area contributed by atoms with Crippen LogP contribution in [-0.2, 0) is 16.2 Å². The van der Waals surface area contributed by atoms with E-state index in [1.54, 1.807) is 0 Å². The number of aryl methyl sites for hydroxylation is 1. The van der Waals surface area contributed by atoms with Crippen LogP contribution in [0.3, 0.4) is 0 Å². The number of fused-ring (bicyclic) bond motifs is 7. The van der Waals surface area contributed by atoms with Gasteiger partial charge in [-0.05, 0) is 115 Å². The zero-order valence-electron chi connectivity index (χ0n) is 28.4. The maximum absolute atomic E-state index is 2.48. The Kier molecular flexibility index (Phi) is 6.07. The molecule has 0 fully saturated rings. The highest BCUT2D eigenvalue weighted by Gasteiger charge is 2.39. The largest absolute Gasteiger partial charge is 0.310 e. The molecule has 0 atom stereocenters. The average Bonchev–Trinajstić information content (AvgIpc) is 3.40. The molecule has 0 aliphatic heterocycles. The molecule has 0 N–H and O–H groups in total. The fourth-order valence-corrected chi connectivity index (χ4v) is 8.37. The quantitative estimate of drug-likeness (QED) is 0.196. The summed E-state index contributed by atoms with van der Waals surface area (Å²) in [5.41, 5.74) is 17.3. The van der Waals surface area contributed by atoms with Crippen LogP contribution in [-0.4, -0.2) is 0 Å². The van der Waals surface area contributed by atoms with Crippen molar-refractivity contribution < 1.29 is 0 Å². The zero-order chi connectivity index (χ0) is 32.2. The van der Waals surface area contributed by atoms with Gasteiger partial charge in [0.15, 0.2) is 0 Å². The number of nitrogens with zero attached hydrogens (tertiary/aromatic N) is 1. The van der Waals surface area contributed by atoms with Gasteiger partial charge in [0.05, 0.1) is 0 Å². The summed E-state index contributed by atoms with van der Waals surface area (Å²) in [6, 6.07) is 43.7. The second kappa shape index (κ2) is 9.69. The van der Waals surface area contributed by atoms with Crippen LogP contribution in [0.2, 0.25) is 0 Å². The molecule has 0 amide bonds. The number of hydrogen-bond donors (Lipinski definition) is 0. The fraction of sp³-hybridized carbons (Fsp3) is 0.244. The van der Waals surface area contributed by atoms with Crippen molar-refractivity contribution in [1.29, 1.82) is 0 Å². The Morgan fingerprint density at radius 1 is 0.500 bits per heavy atom. The van der Waals surface area contributed by atoms with Gasteiger partial charge in [0, 0.05) is 27.9 Å². The molecule has 8 rings (SSSR count). The van der Waals surface area contributed by atoms with Gasteiger partial charge in [-0.1, -0.05) is 127 Å². The maximum Gasteiger partial charge on any atom is 0.0468 e. The highest BCUT2D eigenvalue weighted by atomic mass is 15.1. The van der Waals surface area contributed by atoms with Gasteiger partial charge in [-0.2, -0.15) is 0 Å². The second-order valence-corrected chi connectivity index (χ2v) is 15.5. The number of anilines is 3. The SMILES string of the molecule is Cc1cccc2ccc(N(c3ccc4c(c3)C(C)(C)c3ccccc3-4)c3ccc4c(c3)C(C)(C)c3cccc(C(C)(C)C)c3-4)cc12. The van der Waals surface area contributed by atoms with E-state index in [4.69, 9.17) is 0 Å². The summed E-state index contributed by atoms with van der Waals surface area (Å²) in [5.74, 6) is 0. The van der Waals surface area contributed by atoms with E-state index in [0.717, 1.165) is 0 Å². The Labute approximate surface area is 274 Å². The molecule has 46 heavy (non-hydrogen) atoms. The summed E-state index contributed by atoms with van der Waals surface area (Å²) in [6.07, 6.45) is 0. The first kappa shape index (κ1) is 28.8. The van der Waals surface area contributed by atoms with Crippen molar-refractivity contribution in [3.63, 3.8) is 0 Å². The van der Waals surface area contributed by atoms with Crippen LogP contribution < -0.4 is 4.90 Å². The predicted molar refractivity (Wildman–Crippen MR) is 197 cm³/mol. The summed E-state index contributed by atoms with van der Waals surface area (Å²) in [5, 5.41) is 2.57. The van der Waals surface area contributed by atoms with Gasteiger partial charge in [0.1, 0.15) is 0 Å². The molecule has 6 aromatic rings. The van der Waals surface area contributed by atoms with Crippen molar-refractivity contribution in [2.75, 3.05) is 4.90 Å². The minimum atomic E-state index is -0.102. The van der Waals surface area contributed by atoms with Crippen molar-refractivity contribution in [2.45, 2.75) is 71.6 Å². The van der Waals surface area contributed by atoms with Crippen LogP contribution in [0.1, 0.15) is 81.8 Å². The molecule has 0 radical (unpaired) electrons. The molecule has 1 nitrogen and oxygen atoms in total. The van der Waals surface area contributed by atoms with Crippen molar-refractivity contribution in [3.8, 4) is 22.3 Å². The third kappa shape index (κ3) is 4.07. The van der Waals surface area contributed by atoms with E-state index in [1.807, 2.05) is 0 Å². The van der Waals surface area contributed by atoms with E-state index < -0.39 is 0 Å². The first-order chi connectivity index (χ1) is 21.9. The van der Waals surface area contributed by atoms with Crippen molar-refractivity contribution in [2.24, 2.45) is 0 Å². The summed E-state index contributed by atoms with van der Waals surface area (Å²) in [7, 11) is 0. The number of rotatable bonds is 3. The summed E-state index contributed by atoms with van der Waals surface area (Å²) in [4.78, 5) is 2.48. The van der Waals surface area contributed by atoms with E-state index in [-0.39, 0.29) is 16.2 Å². The summed E-state index contributed by atoms with van der Waals surface area (Å²) < 4.78 is 0. The van der Waals surface area contributed by atoms with Gasteiger partial charge >= 0.3 is 0 Å². The summed E-state index contributed by atoms with van der Waals surface area (Å²) >= 11 is 0. The van der Waals surface area contributed by atoms with Crippen molar-refractivity contribution in [1.82, 2.24) is 0 Å². The van der Waals surface area contributed by atoms with Gasteiger partial charge in [0.25, 0.3) is 0 Å². The molecule has 0 spiro atoms. The van der Waals surface area contributed by atoms with Crippen LogP contribution >= 0.6 is 0 Å². The van der Waals surface area contributed by atoms with Crippen LogP contribution in [0.25, 0.3) is 33.0 Å². The molecule has 2 aliphatic rings. The Balaban J connectivity index is 1.36. The molecular formula is C45H43N. The lowest BCUT2D eigenvalue weighted by Gasteiger charge is -2.30. The predicted octanol–water partition coefficient (Wildman–Crippen LogP) is 12.5. The Hall–Kier alpha value is -4.62. The molecule has 0 saturated heterocycles. The first-order valence-corrected chi connectivity index (χ1v) is 16.7. The number of hydrogen-bond acceptors (Lipinski definition) is 1. The van der Waals surface area contributed by atoms with E-state index in [2.05, 4.69) is 176 Å². The van der Waals surface area contributed by atoms with Crippen molar-refractivity contribution >= 4 is 27.8 Å². The van der Waals surface area contributed by atoms with Crippen LogP contribution in [0.15, 0.2) is 115 Å². The number of benzene rings is 6. The molecule has 0 unspecified atom stereocenters.